The van der Waals surface area contributed by atoms with Crippen LogP contribution in [0.2, 0.25) is 0 Å². The fourth-order valence-electron chi connectivity index (χ4n) is 1.89. The molecule has 7 heteroatoms. The van der Waals surface area contributed by atoms with E-state index in [1.54, 1.807) is 14.2 Å². The second-order valence-electron chi connectivity index (χ2n) is 4.56. The molecule has 7 nitrogen and oxygen atoms in total. The topological polar surface area (TPSA) is 85.9 Å². The van der Waals surface area contributed by atoms with Gasteiger partial charge in [0, 0.05) is 6.42 Å². The predicted octanol–water partition coefficient (Wildman–Crippen LogP) is 1.80. The number of nitrogens with one attached hydrogen (secondary N) is 2. The predicted molar refractivity (Wildman–Crippen MR) is 80.8 cm³/mol. The number of aryl methyl sites for hydroxylation is 1. The average molecular weight is 310 g/mol. The van der Waals surface area contributed by atoms with Crippen LogP contribution in [-0.4, -0.2) is 33.3 Å². The molecule has 2 N–H and O–H groups in total. The lowest BCUT2D eigenvalue weighted by atomic mass is 10.1. The molecule has 2 amide bonds. The fourth-order valence-corrected chi connectivity index (χ4v) is 1.89. The zero-order chi connectivity index (χ0) is 16.4. The Morgan fingerprint density at radius 1 is 1.00 bits per heavy atom. The number of methoxy groups -OCH3 is 3. The molecule has 0 radical (unpaired) electrons. The molecule has 0 saturated carbocycles. The molecule has 22 heavy (non-hydrogen) atoms. The maximum Gasteiger partial charge on any atom is 0.425 e. The van der Waals surface area contributed by atoms with E-state index < -0.39 is 6.09 Å². The first-order valence-electron chi connectivity index (χ1n) is 6.94. The van der Waals surface area contributed by atoms with Gasteiger partial charge in [-0.1, -0.05) is 6.07 Å². The molecule has 0 unspecified atom stereocenters. The highest BCUT2D eigenvalue weighted by atomic mass is 16.5. The Kier molecular flexibility index (Phi) is 7.60. The van der Waals surface area contributed by atoms with Crippen molar-refractivity contribution in [3.8, 4) is 11.5 Å². The summed E-state index contributed by atoms with van der Waals surface area (Å²) in [5, 5.41) is 0. The average Bonchev–Trinajstić information content (AvgIpc) is 2.56. The molecule has 0 fully saturated rings. The number of ether oxygens (including phenoxy) is 3. The van der Waals surface area contributed by atoms with Crippen LogP contribution >= 0.6 is 0 Å². The molecule has 0 aromatic heterocycles. The maximum absolute atomic E-state index is 11.4. The van der Waals surface area contributed by atoms with Crippen LogP contribution in [0.3, 0.4) is 0 Å². The minimum Gasteiger partial charge on any atom is -0.493 e. The summed E-state index contributed by atoms with van der Waals surface area (Å²) in [6.07, 6.45) is 2.03. The second kappa shape index (κ2) is 9.49. The van der Waals surface area contributed by atoms with Crippen molar-refractivity contribution >= 4 is 12.0 Å². The summed E-state index contributed by atoms with van der Waals surface area (Å²) < 4.78 is 14.8. The van der Waals surface area contributed by atoms with Crippen LogP contribution in [0, 0.1) is 0 Å². The lowest BCUT2D eigenvalue weighted by Gasteiger charge is -2.09. The Bertz CT molecular complexity index is 505. The van der Waals surface area contributed by atoms with Crippen molar-refractivity contribution in [2.45, 2.75) is 25.7 Å². The van der Waals surface area contributed by atoms with Crippen molar-refractivity contribution in [3.63, 3.8) is 0 Å². The summed E-state index contributed by atoms with van der Waals surface area (Å²) >= 11 is 0. The van der Waals surface area contributed by atoms with Crippen LogP contribution in [0.5, 0.6) is 11.5 Å². The first kappa shape index (κ1) is 17.6. The van der Waals surface area contributed by atoms with Gasteiger partial charge in [-0.3, -0.25) is 10.2 Å². The molecule has 122 valence electrons. The minimum atomic E-state index is -0.696. The van der Waals surface area contributed by atoms with Crippen molar-refractivity contribution in [2.24, 2.45) is 0 Å². The van der Waals surface area contributed by atoms with Crippen molar-refractivity contribution in [2.75, 3.05) is 21.3 Å². The molecule has 0 atom stereocenters. The summed E-state index contributed by atoms with van der Waals surface area (Å²) in [5.74, 6) is 1.14. The molecule has 0 heterocycles. The molecule has 0 bridgehead atoms. The summed E-state index contributed by atoms with van der Waals surface area (Å²) in [4.78, 5) is 22.2. The Balaban J connectivity index is 2.30. The van der Waals surface area contributed by atoms with E-state index in [1.807, 2.05) is 18.2 Å². The summed E-state index contributed by atoms with van der Waals surface area (Å²) in [6, 6.07) is 5.76. The molecular formula is C15H22N2O5. The normalized spacial score (nSPS) is 9.77. The van der Waals surface area contributed by atoms with Gasteiger partial charge in [-0.15, -0.1) is 0 Å². The van der Waals surface area contributed by atoms with E-state index >= 15 is 0 Å². The van der Waals surface area contributed by atoms with Crippen LogP contribution in [-0.2, 0) is 16.0 Å². The highest BCUT2D eigenvalue weighted by Crippen LogP contribution is 2.28. The van der Waals surface area contributed by atoms with Gasteiger partial charge >= 0.3 is 6.09 Å². The van der Waals surface area contributed by atoms with Crippen molar-refractivity contribution in [1.82, 2.24) is 10.9 Å². The van der Waals surface area contributed by atoms with E-state index in [0.29, 0.717) is 24.3 Å². The first-order valence-corrected chi connectivity index (χ1v) is 6.94. The molecular weight excluding hydrogens is 288 g/mol. The Labute approximate surface area is 129 Å². The lowest BCUT2D eigenvalue weighted by Crippen LogP contribution is -2.41. The van der Waals surface area contributed by atoms with Gasteiger partial charge in [-0.05, 0) is 37.0 Å². The first-order chi connectivity index (χ1) is 10.6. The second-order valence-corrected chi connectivity index (χ2v) is 4.56. The monoisotopic (exact) mass is 310 g/mol. The largest absolute Gasteiger partial charge is 0.493 e. The van der Waals surface area contributed by atoms with Crippen LogP contribution in [0.4, 0.5) is 4.79 Å². The highest BCUT2D eigenvalue weighted by molar-refractivity contribution is 5.78. The standard InChI is InChI=1S/C15H22N2O5/c1-20-12-9-8-11(10-13(12)21-2)6-4-5-7-14(18)16-17-15(19)22-3/h8-10H,4-7H2,1-3H3,(H,16,18)(H,17,19). The number of carbonyl (C=O) groups is 2. The molecule has 0 spiro atoms. The lowest BCUT2D eigenvalue weighted by molar-refractivity contribution is -0.122. The quantitative estimate of drug-likeness (QED) is 0.592. The third kappa shape index (κ3) is 5.90. The third-order valence-corrected chi connectivity index (χ3v) is 3.06. The van der Waals surface area contributed by atoms with Crippen LogP contribution < -0.4 is 20.3 Å². The SMILES string of the molecule is COC(=O)NNC(=O)CCCCc1ccc(OC)c(OC)c1. The van der Waals surface area contributed by atoms with Gasteiger partial charge in [0.05, 0.1) is 21.3 Å². The molecule has 0 aliphatic rings. The zero-order valence-electron chi connectivity index (χ0n) is 13.1. The molecule has 0 aliphatic carbocycles. The fraction of sp³-hybridized carbons (Fsp3) is 0.467. The van der Waals surface area contributed by atoms with E-state index in [0.717, 1.165) is 18.4 Å². The summed E-state index contributed by atoms with van der Waals surface area (Å²) in [7, 11) is 4.42. The van der Waals surface area contributed by atoms with E-state index in [-0.39, 0.29) is 5.91 Å². The van der Waals surface area contributed by atoms with E-state index in [1.165, 1.54) is 7.11 Å². The number of hydrogen-bond acceptors (Lipinski definition) is 5. The van der Waals surface area contributed by atoms with Crippen LogP contribution in [0.25, 0.3) is 0 Å². The Morgan fingerprint density at radius 3 is 2.36 bits per heavy atom. The molecule has 1 aromatic carbocycles. The molecule has 0 saturated heterocycles. The number of carbonyl (C=O) groups excluding carboxylic acids is 2. The van der Waals surface area contributed by atoms with Gasteiger partial charge in [0.25, 0.3) is 0 Å². The number of rotatable bonds is 7. The van der Waals surface area contributed by atoms with Gasteiger partial charge in [0.1, 0.15) is 0 Å². The highest BCUT2D eigenvalue weighted by Gasteiger charge is 2.06. The minimum absolute atomic E-state index is 0.252. The van der Waals surface area contributed by atoms with Gasteiger partial charge < -0.3 is 14.2 Å². The Hall–Kier alpha value is -2.44. The van der Waals surface area contributed by atoms with Crippen LogP contribution in [0.15, 0.2) is 18.2 Å². The Morgan fingerprint density at radius 2 is 1.73 bits per heavy atom. The van der Waals surface area contributed by atoms with Crippen molar-refractivity contribution in [3.05, 3.63) is 23.8 Å². The number of hydrogen-bond donors (Lipinski definition) is 2. The van der Waals surface area contributed by atoms with Crippen molar-refractivity contribution in [1.29, 1.82) is 0 Å². The van der Waals surface area contributed by atoms with E-state index in [2.05, 4.69) is 15.6 Å². The summed E-state index contributed by atoms with van der Waals surface area (Å²) in [5.41, 5.74) is 5.51. The van der Waals surface area contributed by atoms with Gasteiger partial charge in [0.15, 0.2) is 11.5 Å². The zero-order valence-corrected chi connectivity index (χ0v) is 13.1. The number of unbranched alkanes of at least 4 members (excludes halogenated alkanes) is 1. The summed E-state index contributed by atoms with van der Waals surface area (Å²) in [6.45, 7) is 0. The van der Waals surface area contributed by atoms with Gasteiger partial charge in [0.2, 0.25) is 5.91 Å². The third-order valence-electron chi connectivity index (χ3n) is 3.06. The number of amides is 2. The van der Waals surface area contributed by atoms with Gasteiger partial charge in [-0.2, -0.15) is 0 Å². The maximum atomic E-state index is 11.4. The van der Waals surface area contributed by atoms with E-state index in [9.17, 15) is 9.59 Å². The smallest absolute Gasteiger partial charge is 0.425 e. The van der Waals surface area contributed by atoms with Crippen LogP contribution in [0.1, 0.15) is 24.8 Å². The van der Waals surface area contributed by atoms with Gasteiger partial charge in [-0.25, -0.2) is 10.2 Å². The van der Waals surface area contributed by atoms with E-state index in [4.69, 9.17) is 9.47 Å². The molecule has 1 aromatic rings. The number of hydrazine groups is 1. The number of benzene rings is 1. The van der Waals surface area contributed by atoms with Crippen molar-refractivity contribution < 1.29 is 23.8 Å². The molecule has 1 rings (SSSR count). The molecule has 0 aliphatic heterocycles.